The van der Waals surface area contributed by atoms with Crippen LogP contribution in [0.5, 0.6) is 0 Å². The highest BCUT2D eigenvalue weighted by Crippen LogP contribution is 2.14. The van der Waals surface area contributed by atoms with Crippen molar-refractivity contribution < 1.29 is 9.59 Å². The van der Waals surface area contributed by atoms with Gasteiger partial charge in [0, 0.05) is 44.9 Å². The first-order valence-corrected chi connectivity index (χ1v) is 11.2. The number of pyridine rings is 1. The number of nitrogens with one attached hydrogen (secondary N) is 1. The minimum absolute atomic E-state index is 0.0546. The standard InChI is InChI=1S/C27H28N4O2/c32-26(15-14-22-9-3-1-4-10-22)29-24(21-23-11-5-2-6-12-23)27(33)31-19-17-30(18-20-31)25-13-7-8-16-28-25/h1-16,24H,17-21H2,(H,29,32)/b15-14+. The van der Waals surface area contributed by atoms with Crippen molar-refractivity contribution in [3.05, 3.63) is 102 Å². The van der Waals surface area contributed by atoms with Gasteiger partial charge in [-0.25, -0.2) is 4.98 Å². The molecule has 6 nitrogen and oxygen atoms in total. The molecule has 0 radical (unpaired) electrons. The summed E-state index contributed by atoms with van der Waals surface area (Å²) < 4.78 is 0. The highest BCUT2D eigenvalue weighted by molar-refractivity contribution is 5.95. The van der Waals surface area contributed by atoms with Crippen LogP contribution in [0.3, 0.4) is 0 Å². The molecule has 0 saturated carbocycles. The van der Waals surface area contributed by atoms with Crippen LogP contribution >= 0.6 is 0 Å². The third kappa shape index (κ3) is 6.29. The summed E-state index contributed by atoms with van der Waals surface area (Å²) in [7, 11) is 0. The molecule has 3 aromatic rings. The van der Waals surface area contributed by atoms with Gasteiger partial charge in [0.05, 0.1) is 0 Å². The summed E-state index contributed by atoms with van der Waals surface area (Å²) in [5.74, 6) is 0.589. The molecule has 1 aliphatic rings. The number of carbonyl (C=O) groups is 2. The van der Waals surface area contributed by atoms with Crippen LogP contribution in [-0.2, 0) is 16.0 Å². The van der Waals surface area contributed by atoms with Crippen molar-refractivity contribution in [2.45, 2.75) is 12.5 Å². The molecule has 168 valence electrons. The van der Waals surface area contributed by atoms with Crippen LogP contribution in [-0.4, -0.2) is 53.9 Å². The lowest BCUT2D eigenvalue weighted by Crippen LogP contribution is -2.55. The number of benzene rings is 2. The van der Waals surface area contributed by atoms with E-state index >= 15 is 0 Å². The number of hydrogen-bond donors (Lipinski definition) is 1. The molecule has 2 aromatic carbocycles. The summed E-state index contributed by atoms with van der Waals surface area (Å²) in [5.41, 5.74) is 1.94. The number of nitrogens with zero attached hydrogens (tertiary/aromatic N) is 3. The second kappa shape index (κ2) is 11.1. The monoisotopic (exact) mass is 440 g/mol. The maximum Gasteiger partial charge on any atom is 0.245 e. The molecule has 0 aliphatic carbocycles. The highest BCUT2D eigenvalue weighted by atomic mass is 16.2. The minimum Gasteiger partial charge on any atom is -0.353 e. The predicted octanol–water partition coefficient (Wildman–Crippen LogP) is 3.17. The fraction of sp³-hybridized carbons (Fsp3) is 0.222. The van der Waals surface area contributed by atoms with Crippen LogP contribution in [0, 0.1) is 0 Å². The van der Waals surface area contributed by atoms with E-state index in [-0.39, 0.29) is 11.8 Å². The largest absolute Gasteiger partial charge is 0.353 e. The maximum absolute atomic E-state index is 13.4. The zero-order valence-corrected chi connectivity index (χ0v) is 18.5. The van der Waals surface area contributed by atoms with Gasteiger partial charge >= 0.3 is 0 Å². The fourth-order valence-electron chi connectivity index (χ4n) is 3.92. The SMILES string of the molecule is O=C(/C=C/c1ccccc1)NC(Cc1ccccc1)C(=O)N1CCN(c2ccccn2)CC1. The zero-order valence-electron chi connectivity index (χ0n) is 18.5. The van der Waals surface area contributed by atoms with Crippen LogP contribution in [0.2, 0.25) is 0 Å². The number of carbonyl (C=O) groups excluding carboxylic acids is 2. The smallest absolute Gasteiger partial charge is 0.245 e. The Balaban J connectivity index is 1.42. The van der Waals surface area contributed by atoms with Crippen molar-refractivity contribution in [2.24, 2.45) is 0 Å². The van der Waals surface area contributed by atoms with E-state index in [4.69, 9.17) is 0 Å². The van der Waals surface area contributed by atoms with Gasteiger partial charge in [-0.15, -0.1) is 0 Å². The summed E-state index contributed by atoms with van der Waals surface area (Å²) in [4.78, 5) is 34.5. The lowest BCUT2D eigenvalue weighted by Gasteiger charge is -2.37. The normalized spacial score (nSPS) is 14.8. The van der Waals surface area contributed by atoms with Crippen molar-refractivity contribution in [3.63, 3.8) is 0 Å². The van der Waals surface area contributed by atoms with E-state index in [9.17, 15) is 9.59 Å². The first-order chi connectivity index (χ1) is 16.2. The molecule has 1 aliphatic heterocycles. The van der Waals surface area contributed by atoms with E-state index in [1.807, 2.05) is 83.8 Å². The zero-order chi connectivity index (χ0) is 22.9. The first-order valence-electron chi connectivity index (χ1n) is 11.2. The molecule has 1 atom stereocenters. The van der Waals surface area contributed by atoms with Gasteiger partial charge in [0.2, 0.25) is 11.8 Å². The average Bonchev–Trinajstić information content (AvgIpc) is 2.88. The van der Waals surface area contributed by atoms with Crippen molar-refractivity contribution in [1.29, 1.82) is 0 Å². The van der Waals surface area contributed by atoms with E-state index in [1.165, 1.54) is 6.08 Å². The van der Waals surface area contributed by atoms with Gasteiger partial charge in [0.15, 0.2) is 0 Å². The molecule has 6 heteroatoms. The Labute approximate surface area is 194 Å². The van der Waals surface area contributed by atoms with Gasteiger partial charge in [-0.2, -0.15) is 0 Å². The van der Waals surface area contributed by atoms with E-state index in [2.05, 4.69) is 15.2 Å². The molecule has 4 rings (SSSR count). The summed E-state index contributed by atoms with van der Waals surface area (Å²) in [6.07, 6.45) is 5.47. The predicted molar refractivity (Wildman–Crippen MR) is 131 cm³/mol. The van der Waals surface area contributed by atoms with Crippen LogP contribution in [0.4, 0.5) is 5.82 Å². The van der Waals surface area contributed by atoms with E-state index in [1.54, 1.807) is 12.3 Å². The average molecular weight is 441 g/mol. The molecule has 1 fully saturated rings. The lowest BCUT2D eigenvalue weighted by atomic mass is 10.0. The second-order valence-corrected chi connectivity index (χ2v) is 8.00. The first kappa shape index (κ1) is 22.3. The number of piperazine rings is 1. The highest BCUT2D eigenvalue weighted by Gasteiger charge is 2.28. The molecule has 2 heterocycles. The fourth-order valence-corrected chi connectivity index (χ4v) is 3.92. The molecule has 1 aromatic heterocycles. The van der Waals surface area contributed by atoms with Crippen molar-refractivity contribution in [2.75, 3.05) is 31.1 Å². The Morgan fingerprint density at radius 2 is 1.55 bits per heavy atom. The number of amides is 2. The lowest BCUT2D eigenvalue weighted by molar-refractivity contribution is -0.135. The van der Waals surface area contributed by atoms with E-state index in [0.717, 1.165) is 16.9 Å². The van der Waals surface area contributed by atoms with Crippen molar-refractivity contribution >= 4 is 23.7 Å². The maximum atomic E-state index is 13.4. The molecule has 0 bridgehead atoms. The van der Waals surface area contributed by atoms with Crippen molar-refractivity contribution in [1.82, 2.24) is 15.2 Å². The van der Waals surface area contributed by atoms with Crippen molar-refractivity contribution in [3.8, 4) is 0 Å². The summed E-state index contributed by atoms with van der Waals surface area (Å²) >= 11 is 0. The molecule has 1 saturated heterocycles. The molecule has 1 unspecified atom stereocenters. The Morgan fingerprint density at radius 3 is 2.21 bits per heavy atom. The summed E-state index contributed by atoms with van der Waals surface area (Å²) in [6, 6.07) is 24.6. The number of hydrogen-bond acceptors (Lipinski definition) is 4. The number of anilines is 1. The van der Waals surface area contributed by atoms with Gasteiger partial charge in [-0.05, 0) is 29.3 Å². The van der Waals surface area contributed by atoms with E-state index < -0.39 is 6.04 Å². The summed E-state index contributed by atoms with van der Waals surface area (Å²) in [6.45, 7) is 2.61. The molecule has 33 heavy (non-hydrogen) atoms. The van der Waals surface area contributed by atoms with Gasteiger partial charge < -0.3 is 15.1 Å². The second-order valence-electron chi connectivity index (χ2n) is 8.00. The summed E-state index contributed by atoms with van der Waals surface area (Å²) in [5, 5.41) is 2.93. The molecule has 1 N–H and O–H groups in total. The number of aromatic nitrogens is 1. The van der Waals surface area contributed by atoms with E-state index in [0.29, 0.717) is 32.6 Å². The number of rotatable bonds is 7. The Bertz CT molecular complexity index is 1060. The Hall–Kier alpha value is -3.93. The van der Waals surface area contributed by atoms with Gasteiger partial charge in [0.25, 0.3) is 0 Å². The third-order valence-electron chi connectivity index (χ3n) is 5.69. The molecular weight excluding hydrogens is 412 g/mol. The Morgan fingerprint density at radius 1 is 0.879 bits per heavy atom. The van der Waals surface area contributed by atoms with Gasteiger partial charge in [0.1, 0.15) is 11.9 Å². The molecule has 0 spiro atoms. The van der Waals surface area contributed by atoms with Gasteiger partial charge in [-0.1, -0.05) is 66.7 Å². The third-order valence-corrected chi connectivity index (χ3v) is 5.69. The topological polar surface area (TPSA) is 65.5 Å². The Kier molecular flexibility index (Phi) is 7.48. The van der Waals surface area contributed by atoms with Crippen LogP contribution in [0.15, 0.2) is 91.1 Å². The van der Waals surface area contributed by atoms with Crippen LogP contribution < -0.4 is 10.2 Å². The quantitative estimate of drug-likeness (QED) is 0.573. The molecule has 2 amide bonds. The van der Waals surface area contributed by atoms with Crippen LogP contribution in [0.1, 0.15) is 11.1 Å². The van der Waals surface area contributed by atoms with Crippen LogP contribution in [0.25, 0.3) is 6.08 Å². The minimum atomic E-state index is -0.623. The van der Waals surface area contributed by atoms with Gasteiger partial charge in [-0.3, -0.25) is 9.59 Å². The molecular formula is C27H28N4O2.